The van der Waals surface area contributed by atoms with Crippen molar-refractivity contribution >= 4 is 17.0 Å². The van der Waals surface area contributed by atoms with Gasteiger partial charge in [0, 0.05) is 6.54 Å². The minimum Gasteiger partial charge on any atom is -0.481 e. The number of nitrogens with one attached hydrogen (secondary N) is 1. The van der Waals surface area contributed by atoms with E-state index < -0.39 is 5.97 Å². The third-order valence-corrected chi connectivity index (χ3v) is 4.37. The number of rotatable bonds is 3. The van der Waals surface area contributed by atoms with E-state index in [1.165, 1.54) is 11.1 Å². The van der Waals surface area contributed by atoms with E-state index in [-0.39, 0.29) is 5.92 Å². The molecular weight excluding hydrogens is 266 g/mol. The number of aromatic amines is 1. The number of likely N-dealkylation sites (tertiary alicyclic amines) is 1. The summed E-state index contributed by atoms with van der Waals surface area (Å²) in [6.07, 6.45) is 1.72. The Morgan fingerprint density at radius 2 is 2.19 bits per heavy atom. The standard InChI is InChI=1S/C16H21N3O2/c1-10-6-13-14(7-11(10)2)18-15(17-13)9-19-5-3-4-12(8-19)16(20)21/h6-7,12H,3-5,8-9H2,1-2H3,(H,17,18)(H,20,21). The van der Waals surface area contributed by atoms with E-state index in [9.17, 15) is 4.79 Å². The van der Waals surface area contributed by atoms with Gasteiger partial charge in [0.2, 0.25) is 0 Å². The second-order valence-electron chi connectivity index (χ2n) is 6.05. The molecule has 0 amide bonds. The Morgan fingerprint density at radius 3 is 2.95 bits per heavy atom. The molecule has 0 radical (unpaired) electrons. The number of hydrogen-bond acceptors (Lipinski definition) is 3. The van der Waals surface area contributed by atoms with Gasteiger partial charge in [-0.2, -0.15) is 0 Å². The average Bonchev–Trinajstić information content (AvgIpc) is 2.80. The zero-order valence-electron chi connectivity index (χ0n) is 12.5. The third-order valence-electron chi connectivity index (χ3n) is 4.37. The van der Waals surface area contributed by atoms with Crippen LogP contribution in [0.5, 0.6) is 0 Å². The van der Waals surface area contributed by atoms with Crippen molar-refractivity contribution in [3.63, 3.8) is 0 Å². The highest BCUT2D eigenvalue weighted by Gasteiger charge is 2.25. The average molecular weight is 287 g/mol. The molecule has 0 aliphatic carbocycles. The molecule has 2 heterocycles. The monoisotopic (exact) mass is 287 g/mol. The molecule has 2 N–H and O–H groups in total. The summed E-state index contributed by atoms with van der Waals surface area (Å²) in [4.78, 5) is 21.3. The number of carboxylic acids is 1. The van der Waals surface area contributed by atoms with Crippen LogP contribution in [0.25, 0.3) is 11.0 Å². The molecule has 1 fully saturated rings. The van der Waals surface area contributed by atoms with Crippen molar-refractivity contribution < 1.29 is 9.90 Å². The number of imidazole rings is 1. The van der Waals surface area contributed by atoms with E-state index >= 15 is 0 Å². The smallest absolute Gasteiger partial charge is 0.307 e. The van der Waals surface area contributed by atoms with E-state index in [4.69, 9.17) is 5.11 Å². The fraction of sp³-hybridized carbons (Fsp3) is 0.500. The number of fused-ring (bicyclic) bond motifs is 1. The summed E-state index contributed by atoms with van der Waals surface area (Å²) in [6.45, 7) is 6.43. The number of aliphatic carboxylic acids is 1. The SMILES string of the molecule is Cc1cc2nc(CN3CCCC(C(=O)O)C3)[nH]c2cc1C. The van der Waals surface area contributed by atoms with E-state index in [0.717, 1.165) is 36.2 Å². The second-order valence-corrected chi connectivity index (χ2v) is 6.05. The normalized spacial score (nSPS) is 20.0. The zero-order valence-corrected chi connectivity index (χ0v) is 12.5. The molecule has 112 valence electrons. The number of carboxylic acid groups (broad SMARTS) is 1. The van der Waals surface area contributed by atoms with Gasteiger partial charge >= 0.3 is 5.97 Å². The summed E-state index contributed by atoms with van der Waals surface area (Å²) in [5, 5.41) is 9.15. The van der Waals surface area contributed by atoms with Gasteiger partial charge in [0.1, 0.15) is 5.82 Å². The summed E-state index contributed by atoms with van der Waals surface area (Å²) in [7, 11) is 0. The number of piperidine rings is 1. The predicted molar refractivity (Wildman–Crippen MR) is 81.2 cm³/mol. The van der Waals surface area contributed by atoms with Gasteiger partial charge < -0.3 is 10.1 Å². The highest BCUT2D eigenvalue weighted by molar-refractivity contribution is 5.77. The third kappa shape index (κ3) is 2.93. The summed E-state index contributed by atoms with van der Waals surface area (Å²) in [5.41, 5.74) is 4.53. The molecule has 5 heteroatoms. The van der Waals surface area contributed by atoms with Crippen molar-refractivity contribution in [2.24, 2.45) is 5.92 Å². The second kappa shape index (κ2) is 5.48. The van der Waals surface area contributed by atoms with Crippen LogP contribution < -0.4 is 0 Å². The maximum absolute atomic E-state index is 11.1. The van der Waals surface area contributed by atoms with Crippen molar-refractivity contribution in [3.05, 3.63) is 29.1 Å². The highest BCUT2D eigenvalue weighted by atomic mass is 16.4. The Bertz CT molecular complexity index is 638. The summed E-state index contributed by atoms with van der Waals surface area (Å²) in [5.74, 6) is -0.00999. The molecular formula is C16H21N3O2. The van der Waals surface area contributed by atoms with Crippen LogP contribution in [0.1, 0.15) is 29.8 Å². The van der Waals surface area contributed by atoms with Gasteiger partial charge in [-0.15, -0.1) is 0 Å². The van der Waals surface area contributed by atoms with Gasteiger partial charge in [-0.1, -0.05) is 0 Å². The fourth-order valence-electron chi connectivity index (χ4n) is 3.01. The molecule has 5 nitrogen and oxygen atoms in total. The van der Waals surface area contributed by atoms with Crippen LogP contribution in [0, 0.1) is 19.8 Å². The molecule has 1 aliphatic rings. The number of nitrogens with zero attached hydrogens (tertiary/aromatic N) is 2. The lowest BCUT2D eigenvalue weighted by molar-refractivity contribution is -0.143. The van der Waals surface area contributed by atoms with Crippen LogP contribution >= 0.6 is 0 Å². The van der Waals surface area contributed by atoms with Crippen LogP contribution in [0.3, 0.4) is 0 Å². The van der Waals surface area contributed by atoms with Gasteiger partial charge in [0.15, 0.2) is 0 Å². The lowest BCUT2D eigenvalue weighted by Gasteiger charge is -2.29. The molecule has 1 aromatic carbocycles. The minimum atomic E-state index is -0.685. The molecule has 1 aliphatic heterocycles. The highest BCUT2D eigenvalue weighted by Crippen LogP contribution is 2.21. The molecule has 0 saturated carbocycles. The number of aromatic nitrogens is 2. The van der Waals surface area contributed by atoms with Gasteiger partial charge in [0.05, 0.1) is 23.5 Å². The molecule has 1 unspecified atom stereocenters. The van der Waals surface area contributed by atoms with Gasteiger partial charge in [-0.05, 0) is 56.5 Å². The maximum Gasteiger partial charge on any atom is 0.307 e. The topological polar surface area (TPSA) is 69.2 Å². The van der Waals surface area contributed by atoms with Crippen molar-refractivity contribution in [2.45, 2.75) is 33.2 Å². The Hall–Kier alpha value is -1.88. The Labute approximate surface area is 124 Å². The van der Waals surface area contributed by atoms with Crippen molar-refractivity contribution in [1.82, 2.24) is 14.9 Å². The van der Waals surface area contributed by atoms with E-state index in [2.05, 4.69) is 40.8 Å². The van der Waals surface area contributed by atoms with Gasteiger partial charge in [-0.3, -0.25) is 9.69 Å². The number of hydrogen-bond donors (Lipinski definition) is 2. The first kappa shape index (κ1) is 14.1. The molecule has 1 saturated heterocycles. The lowest BCUT2D eigenvalue weighted by Crippen LogP contribution is -2.38. The van der Waals surface area contributed by atoms with Crippen LogP contribution in [-0.4, -0.2) is 39.0 Å². The van der Waals surface area contributed by atoms with E-state index in [1.807, 2.05) is 0 Å². The number of carbonyl (C=O) groups is 1. The molecule has 3 rings (SSSR count). The molecule has 1 atom stereocenters. The molecule has 2 aromatic rings. The van der Waals surface area contributed by atoms with Crippen molar-refractivity contribution in [2.75, 3.05) is 13.1 Å². The Balaban J connectivity index is 1.77. The number of benzene rings is 1. The summed E-state index contributed by atoms with van der Waals surface area (Å²) in [6, 6.07) is 4.22. The number of H-pyrrole nitrogens is 1. The largest absolute Gasteiger partial charge is 0.481 e. The van der Waals surface area contributed by atoms with Crippen LogP contribution in [-0.2, 0) is 11.3 Å². The van der Waals surface area contributed by atoms with E-state index in [0.29, 0.717) is 13.1 Å². The van der Waals surface area contributed by atoms with Gasteiger partial charge in [0.25, 0.3) is 0 Å². The first-order valence-electron chi connectivity index (χ1n) is 7.44. The van der Waals surface area contributed by atoms with Crippen molar-refractivity contribution in [1.29, 1.82) is 0 Å². The lowest BCUT2D eigenvalue weighted by atomic mass is 9.98. The first-order valence-corrected chi connectivity index (χ1v) is 7.44. The summed E-state index contributed by atoms with van der Waals surface area (Å²) < 4.78 is 0. The Kier molecular flexibility index (Phi) is 3.68. The molecule has 0 bridgehead atoms. The van der Waals surface area contributed by atoms with Crippen LogP contribution in [0.2, 0.25) is 0 Å². The summed E-state index contributed by atoms with van der Waals surface area (Å²) >= 11 is 0. The predicted octanol–water partition coefficient (Wildman–Crippen LogP) is 2.48. The molecule has 21 heavy (non-hydrogen) atoms. The molecule has 0 spiro atoms. The maximum atomic E-state index is 11.1. The van der Waals surface area contributed by atoms with Crippen LogP contribution in [0.4, 0.5) is 0 Å². The van der Waals surface area contributed by atoms with Crippen molar-refractivity contribution in [3.8, 4) is 0 Å². The Morgan fingerprint density at radius 1 is 1.43 bits per heavy atom. The number of aryl methyl sites for hydroxylation is 2. The molecule has 1 aromatic heterocycles. The van der Waals surface area contributed by atoms with Crippen LogP contribution in [0.15, 0.2) is 12.1 Å². The first-order chi connectivity index (χ1) is 10.0. The zero-order chi connectivity index (χ0) is 15.0. The minimum absolute atomic E-state index is 0.243. The fourth-order valence-corrected chi connectivity index (χ4v) is 3.01. The van der Waals surface area contributed by atoms with Gasteiger partial charge in [-0.25, -0.2) is 4.98 Å². The van der Waals surface area contributed by atoms with E-state index in [1.54, 1.807) is 0 Å². The quantitative estimate of drug-likeness (QED) is 0.910.